The first-order chi connectivity index (χ1) is 35.6. The highest BCUT2D eigenvalue weighted by Gasteiger charge is 2.24. The standard InChI is InChI=1S/C64H40N8/c1-69-53-25-13-9-21-43(53)48-32-33-49-45-23-11-15-27-55(45)71(61(49)60(48)69)41-29-35-57-51(37-41)50-36-40(70-54-26-14-10-22-44(54)47-31-30-46-42-20-8-12-24-52(42)65-58(46)59(47)70)28-34-56(50)72(57)64-67-62(38-16-4-2-5-17-38)66-63(68-64)39-18-6-3-7-19-39/h2-37,65H,1H3. The van der Waals surface area contributed by atoms with E-state index in [2.05, 4.69) is 212 Å². The lowest BCUT2D eigenvalue weighted by Gasteiger charge is -2.12. The van der Waals surface area contributed by atoms with Gasteiger partial charge in [-0.05, 0) is 60.7 Å². The van der Waals surface area contributed by atoms with Crippen molar-refractivity contribution in [3.63, 3.8) is 0 Å². The Bertz CT molecular complexity index is 4870. The van der Waals surface area contributed by atoms with Crippen LogP contribution in [-0.2, 0) is 7.05 Å². The molecule has 336 valence electrons. The Balaban J connectivity index is 1.03. The fraction of sp³-hybridized carbons (Fsp3) is 0.0156. The molecule has 6 heterocycles. The molecule has 0 aliphatic rings. The molecule has 0 unspecified atom stereocenters. The molecule has 0 fully saturated rings. The highest BCUT2D eigenvalue weighted by Crippen LogP contribution is 2.44. The molecule has 10 aromatic carbocycles. The third-order valence-corrected chi connectivity index (χ3v) is 15.2. The van der Waals surface area contributed by atoms with Crippen molar-refractivity contribution in [2.45, 2.75) is 0 Å². The summed E-state index contributed by atoms with van der Waals surface area (Å²) in [5, 5.41) is 11.9. The van der Waals surface area contributed by atoms with Gasteiger partial charge in [-0.15, -0.1) is 0 Å². The monoisotopic (exact) mass is 920 g/mol. The van der Waals surface area contributed by atoms with E-state index < -0.39 is 0 Å². The molecule has 8 heteroatoms. The lowest BCUT2D eigenvalue weighted by atomic mass is 10.1. The normalized spacial score (nSPS) is 12.2. The van der Waals surface area contributed by atoms with Crippen LogP contribution in [0.15, 0.2) is 218 Å². The summed E-state index contributed by atoms with van der Waals surface area (Å²) < 4.78 is 9.52. The average molecular weight is 921 g/mol. The van der Waals surface area contributed by atoms with E-state index in [0.717, 1.165) is 71.9 Å². The molecular formula is C64H40N8. The summed E-state index contributed by atoms with van der Waals surface area (Å²) in [7, 11) is 2.20. The van der Waals surface area contributed by atoms with Crippen LogP contribution in [-0.4, -0.2) is 38.2 Å². The summed E-state index contributed by atoms with van der Waals surface area (Å²) in [5.41, 5.74) is 15.2. The van der Waals surface area contributed by atoms with Crippen molar-refractivity contribution in [3.8, 4) is 40.1 Å². The lowest BCUT2D eigenvalue weighted by Crippen LogP contribution is -2.06. The summed E-state index contributed by atoms with van der Waals surface area (Å²) >= 11 is 0. The second-order valence-electron chi connectivity index (χ2n) is 18.9. The van der Waals surface area contributed by atoms with E-state index in [0.29, 0.717) is 17.6 Å². The summed E-state index contributed by atoms with van der Waals surface area (Å²) in [6, 6.07) is 78.3. The second kappa shape index (κ2) is 14.6. The molecule has 0 spiro atoms. The zero-order chi connectivity index (χ0) is 47.2. The van der Waals surface area contributed by atoms with Crippen LogP contribution in [0.5, 0.6) is 0 Å². The van der Waals surface area contributed by atoms with Crippen molar-refractivity contribution in [2.75, 3.05) is 0 Å². The molecule has 6 aromatic heterocycles. The molecule has 0 atom stereocenters. The first-order valence-corrected chi connectivity index (χ1v) is 24.4. The second-order valence-corrected chi connectivity index (χ2v) is 18.9. The van der Waals surface area contributed by atoms with Gasteiger partial charge in [0.1, 0.15) is 0 Å². The van der Waals surface area contributed by atoms with E-state index in [1.807, 2.05) is 36.4 Å². The van der Waals surface area contributed by atoms with Gasteiger partial charge in [0.2, 0.25) is 5.95 Å². The van der Waals surface area contributed by atoms with Gasteiger partial charge < -0.3 is 18.7 Å². The number of aryl methyl sites for hydroxylation is 1. The van der Waals surface area contributed by atoms with Crippen LogP contribution in [0.1, 0.15) is 0 Å². The first kappa shape index (κ1) is 39.1. The number of aromatic nitrogens is 8. The largest absolute Gasteiger partial charge is 0.353 e. The Morgan fingerprint density at radius 2 is 0.764 bits per heavy atom. The fourth-order valence-corrected chi connectivity index (χ4v) is 12.0. The highest BCUT2D eigenvalue weighted by atomic mass is 15.2. The molecule has 1 N–H and O–H groups in total. The number of H-pyrrole nitrogens is 1. The van der Waals surface area contributed by atoms with Crippen molar-refractivity contribution in [1.82, 2.24) is 38.2 Å². The maximum atomic E-state index is 5.32. The molecule has 0 bridgehead atoms. The number of nitrogens with zero attached hydrogens (tertiary/aromatic N) is 7. The van der Waals surface area contributed by atoms with Gasteiger partial charge in [0.15, 0.2) is 11.6 Å². The van der Waals surface area contributed by atoms with E-state index in [1.54, 1.807) is 0 Å². The van der Waals surface area contributed by atoms with Crippen LogP contribution >= 0.6 is 0 Å². The van der Waals surface area contributed by atoms with Crippen LogP contribution in [0.4, 0.5) is 0 Å². The number of hydrogen-bond acceptors (Lipinski definition) is 3. The molecule has 0 aliphatic carbocycles. The number of hydrogen-bond donors (Lipinski definition) is 1. The van der Waals surface area contributed by atoms with Gasteiger partial charge >= 0.3 is 0 Å². The van der Waals surface area contributed by atoms with Gasteiger partial charge in [-0.2, -0.15) is 9.97 Å². The molecule has 0 saturated carbocycles. The van der Waals surface area contributed by atoms with Gasteiger partial charge in [0.25, 0.3) is 0 Å². The van der Waals surface area contributed by atoms with E-state index in [-0.39, 0.29) is 0 Å². The van der Waals surface area contributed by atoms with Gasteiger partial charge in [-0.25, -0.2) is 4.98 Å². The quantitative estimate of drug-likeness (QED) is 0.187. The zero-order valence-corrected chi connectivity index (χ0v) is 38.9. The Morgan fingerprint density at radius 1 is 0.319 bits per heavy atom. The van der Waals surface area contributed by atoms with Crippen molar-refractivity contribution in [3.05, 3.63) is 218 Å². The van der Waals surface area contributed by atoms with Gasteiger partial charge in [0, 0.05) is 94.4 Å². The van der Waals surface area contributed by atoms with Crippen molar-refractivity contribution in [1.29, 1.82) is 0 Å². The Labute approximate surface area is 410 Å². The van der Waals surface area contributed by atoms with Crippen LogP contribution in [0, 0.1) is 0 Å². The van der Waals surface area contributed by atoms with E-state index in [9.17, 15) is 0 Å². The minimum absolute atomic E-state index is 0.550. The van der Waals surface area contributed by atoms with Crippen molar-refractivity contribution < 1.29 is 0 Å². The number of aromatic amines is 1. The number of rotatable bonds is 5. The minimum atomic E-state index is 0.550. The minimum Gasteiger partial charge on any atom is -0.353 e. The molecule has 0 amide bonds. The maximum absolute atomic E-state index is 5.32. The van der Waals surface area contributed by atoms with Crippen LogP contribution in [0.2, 0.25) is 0 Å². The molecular weight excluding hydrogens is 881 g/mol. The zero-order valence-electron chi connectivity index (χ0n) is 38.9. The smallest absolute Gasteiger partial charge is 0.238 e. The maximum Gasteiger partial charge on any atom is 0.238 e. The number of nitrogens with one attached hydrogen (secondary N) is 1. The van der Waals surface area contributed by atoms with Gasteiger partial charge in [-0.1, -0.05) is 158 Å². The SMILES string of the molecule is Cn1c2ccccc2c2ccc3c4ccccc4n(-c4ccc5c(c4)c4cc(-n6c7ccccc7c7ccc8c9ccccc9[nH]c8c76)ccc4n5-c4nc(-c5ccccc5)nc(-c5ccccc5)n4)c3c21. The van der Waals surface area contributed by atoms with E-state index in [4.69, 9.17) is 15.0 Å². The third-order valence-electron chi connectivity index (χ3n) is 15.2. The van der Waals surface area contributed by atoms with Gasteiger partial charge in [-0.3, -0.25) is 4.57 Å². The summed E-state index contributed by atoms with van der Waals surface area (Å²) in [6.45, 7) is 0. The summed E-state index contributed by atoms with van der Waals surface area (Å²) in [5.74, 6) is 1.77. The lowest BCUT2D eigenvalue weighted by molar-refractivity contribution is 0.953. The molecule has 0 saturated heterocycles. The summed E-state index contributed by atoms with van der Waals surface area (Å²) in [6.07, 6.45) is 0. The van der Waals surface area contributed by atoms with E-state index in [1.165, 1.54) is 59.6 Å². The molecule has 0 radical (unpaired) electrons. The predicted octanol–water partition coefficient (Wildman–Crippen LogP) is 15.8. The fourth-order valence-electron chi connectivity index (χ4n) is 12.0. The highest BCUT2D eigenvalue weighted by molar-refractivity contribution is 6.25. The number of fused-ring (bicyclic) bond motifs is 17. The average Bonchev–Trinajstić information content (AvgIpc) is 4.24. The van der Waals surface area contributed by atoms with Crippen molar-refractivity contribution >= 4 is 109 Å². The van der Waals surface area contributed by atoms with Gasteiger partial charge in [0.05, 0.1) is 44.1 Å². The Kier molecular flexibility index (Phi) is 7.94. The number of benzene rings is 10. The topological polar surface area (TPSA) is 74.2 Å². The molecule has 0 aliphatic heterocycles. The summed E-state index contributed by atoms with van der Waals surface area (Å²) in [4.78, 5) is 19.6. The predicted molar refractivity (Wildman–Crippen MR) is 297 cm³/mol. The molecule has 16 aromatic rings. The molecule has 8 nitrogen and oxygen atoms in total. The number of para-hydroxylation sites is 4. The Hall–Kier alpha value is -9.79. The van der Waals surface area contributed by atoms with Crippen LogP contribution in [0.3, 0.4) is 0 Å². The van der Waals surface area contributed by atoms with Crippen LogP contribution < -0.4 is 0 Å². The molecule has 16 rings (SSSR count). The van der Waals surface area contributed by atoms with Crippen LogP contribution in [0.25, 0.3) is 149 Å². The van der Waals surface area contributed by atoms with E-state index >= 15 is 0 Å². The third kappa shape index (κ3) is 5.37. The molecule has 72 heavy (non-hydrogen) atoms. The first-order valence-electron chi connectivity index (χ1n) is 24.4. The van der Waals surface area contributed by atoms with Crippen molar-refractivity contribution in [2.24, 2.45) is 7.05 Å². The Morgan fingerprint density at radius 3 is 1.36 bits per heavy atom.